The summed E-state index contributed by atoms with van der Waals surface area (Å²) < 4.78 is 0. The van der Waals surface area contributed by atoms with Gasteiger partial charge in [-0.2, -0.15) is 0 Å². The Labute approximate surface area is 133 Å². The SMILES string of the molecule is CCN(CC(=O)Nc1cccc(Cl)c1Cl)C(C)CC(=O)O. The van der Waals surface area contributed by atoms with Crippen LogP contribution in [0.4, 0.5) is 5.69 Å². The van der Waals surface area contributed by atoms with Crippen molar-refractivity contribution in [3.8, 4) is 0 Å². The first-order valence-corrected chi connectivity index (χ1v) is 7.30. The van der Waals surface area contributed by atoms with Crippen LogP contribution in [0.5, 0.6) is 0 Å². The summed E-state index contributed by atoms with van der Waals surface area (Å²) in [4.78, 5) is 24.5. The number of rotatable bonds is 7. The van der Waals surface area contributed by atoms with Gasteiger partial charge in [-0.15, -0.1) is 0 Å². The number of likely N-dealkylation sites (N-methyl/N-ethyl adjacent to an activating group) is 1. The van der Waals surface area contributed by atoms with Crippen molar-refractivity contribution in [1.29, 1.82) is 0 Å². The molecule has 0 heterocycles. The molecule has 1 amide bonds. The molecule has 0 aromatic heterocycles. The van der Waals surface area contributed by atoms with Gasteiger partial charge in [-0.05, 0) is 25.6 Å². The lowest BCUT2D eigenvalue weighted by molar-refractivity contribution is -0.138. The van der Waals surface area contributed by atoms with Gasteiger partial charge < -0.3 is 10.4 Å². The first kappa shape index (κ1) is 17.8. The highest BCUT2D eigenvalue weighted by atomic mass is 35.5. The molecular weight excluding hydrogens is 315 g/mol. The van der Waals surface area contributed by atoms with Crippen molar-refractivity contribution in [3.63, 3.8) is 0 Å². The molecule has 0 aliphatic carbocycles. The third-order valence-electron chi connectivity index (χ3n) is 3.07. The minimum absolute atomic E-state index is 0.0148. The summed E-state index contributed by atoms with van der Waals surface area (Å²) >= 11 is 11.9. The second kappa shape index (κ2) is 8.22. The van der Waals surface area contributed by atoms with E-state index in [1.54, 1.807) is 30.0 Å². The van der Waals surface area contributed by atoms with Gasteiger partial charge in [-0.3, -0.25) is 14.5 Å². The molecule has 0 radical (unpaired) electrons. The zero-order valence-electron chi connectivity index (χ0n) is 11.9. The Bertz CT molecular complexity index is 523. The van der Waals surface area contributed by atoms with E-state index >= 15 is 0 Å². The number of hydrogen-bond donors (Lipinski definition) is 2. The van der Waals surface area contributed by atoms with Crippen LogP contribution < -0.4 is 5.32 Å². The topological polar surface area (TPSA) is 69.6 Å². The monoisotopic (exact) mass is 332 g/mol. The molecule has 0 aliphatic rings. The number of carbonyl (C=O) groups excluding carboxylic acids is 1. The fourth-order valence-corrected chi connectivity index (χ4v) is 2.28. The van der Waals surface area contributed by atoms with Crippen LogP contribution in [0.1, 0.15) is 20.3 Å². The maximum atomic E-state index is 12.0. The number of benzene rings is 1. The van der Waals surface area contributed by atoms with Gasteiger partial charge in [0.15, 0.2) is 0 Å². The van der Waals surface area contributed by atoms with Gasteiger partial charge in [0.25, 0.3) is 0 Å². The number of aliphatic carboxylic acids is 1. The van der Waals surface area contributed by atoms with Gasteiger partial charge in [-0.1, -0.05) is 36.2 Å². The summed E-state index contributed by atoms with van der Waals surface area (Å²) in [5.41, 5.74) is 0.441. The van der Waals surface area contributed by atoms with Gasteiger partial charge in [0.2, 0.25) is 5.91 Å². The lowest BCUT2D eigenvalue weighted by atomic mass is 10.2. The van der Waals surface area contributed by atoms with E-state index in [2.05, 4.69) is 5.32 Å². The Morgan fingerprint density at radius 2 is 2.05 bits per heavy atom. The minimum atomic E-state index is -0.890. The summed E-state index contributed by atoms with van der Waals surface area (Å²) in [7, 11) is 0. The number of hydrogen-bond acceptors (Lipinski definition) is 3. The third kappa shape index (κ3) is 5.53. The summed E-state index contributed by atoms with van der Waals surface area (Å²) in [6, 6.07) is 4.75. The van der Waals surface area contributed by atoms with Crippen molar-refractivity contribution in [1.82, 2.24) is 4.90 Å². The molecule has 0 bridgehead atoms. The molecule has 5 nitrogen and oxygen atoms in total. The molecule has 0 saturated carbocycles. The van der Waals surface area contributed by atoms with E-state index in [-0.39, 0.29) is 29.9 Å². The van der Waals surface area contributed by atoms with E-state index in [4.69, 9.17) is 28.3 Å². The maximum Gasteiger partial charge on any atom is 0.304 e. The Morgan fingerprint density at radius 1 is 1.38 bits per heavy atom. The average Bonchev–Trinajstić information content (AvgIpc) is 2.40. The molecule has 116 valence electrons. The fourth-order valence-electron chi connectivity index (χ4n) is 1.94. The molecule has 1 atom stereocenters. The Morgan fingerprint density at radius 3 is 2.62 bits per heavy atom. The number of carboxylic acids is 1. The summed E-state index contributed by atoms with van der Waals surface area (Å²) in [5, 5.41) is 12.1. The van der Waals surface area contributed by atoms with Crippen LogP contribution in [0.25, 0.3) is 0 Å². The number of anilines is 1. The lowest BCUT2D eigenvalue weighted by Crippen LogP contribution is -2.40. The van der Waals surface area contributed by atoms with Crippen molar-refractivity contribution in [2.45, 2.75) is 26.3 Å². The first-order valence-electron chi connectivity index (χ1n) is 6.54. The summed E-state index contributed by atoms with van der Waals surface area (Å²) in [5.74, 6) is -1.16. The van der Waals surface area contributed by atoms with Crippen LogP contribution in [0.3, 0.4) is 0 Å². The third-order valence-corrected chi connectivity index (χ3v) is 3.89. The number of carbonyl (C=O) groups is 2. The van der Waals surface area contributed by atoms with Crippen LogP contribution in [0, 0.1) is 0 Å². The molecule has 1 aromatic rings. The number of nitrogens with one attached hydrogen (secondary N) is 1. The van der Waals surface area contributed by atoms with Gasteiger partial charge in [0, 0.05) is 6.04 Å². The van der Waals surface area contributed by atoms with Gasteiger partial charge in [0.1, 0.15) is 0 Å². The van der Waals surface area contributed by atoms with Crippen LogP contribution in [0.15, 0.2) is 18.2 Å². The van der Waals surface area contributed by atoms with E-state index in [0.29, 0.717) is 17.3 Å². The second-order valence-electron chi connectivity index (χ2n) is 4.66. The zero-order chi connectivity index (χ0) is 16.0. The molecule has 0 spiro atoms. The lowest BCUT2D eigenvalue weighted by Gasteiger charge is -2.26. The van der Waals surface area contributed by atoms with Crippen LogP contribution in [0.2, 0.25) is 10.0 Å². The fraction of sp³-hybridized carbons (Fsp3) is 0.429. The highest BCUT2D eigenvalue weighted by Crippen LogP contribution is 2.29. The molecule has 2 N–H and O–H groups in total. The van der Waals surface area contributed by atoms with Crippen LogP contribution in [-0.2, 0) is 9.59 Å². The van der Waals surface area contributed by atoms with Crippen molar-refractivity contribution in [2.75, 3.05) is 18.4 Å². The largest absolute Gasteiger partial charge is 0.481 e. The van der Waals surface area contributed by atoms with Crippen molar-refractivity contribution < 1.29 is 14.7 Å². The summed E-state index contributed by atoms with van der Waals surface area (Å²) in [6.07, 6.45) is -0.0148. The number of nitrogens with zero attached hydrogens (tertiary/aromatic N) is 1. The highest BCUT2D eigenvalue weighted by Gasteiger charge is 2.18. The van der Waals surface area contributed by atoms with Gasteiger partial charge in [-0.25, -0.2) is 0 Å². The van der Waals surface area contributed by atoms with Gasteiger partial charge in [0.05, 0.1) is 28.7 Å². The smallest absolute Gasteiger partial charge is 0.304 e. The molecule has 0 saturated heterocycles. The van der Waals surface area contributed by atoms with Crippen LogP contribution in [-0.4, -0.2) is 41.0 Å². The molecule has 21 heavy (non-hydrogen) atoms. The molecule has 7 heteroatoms. The first-order chi connectivity index (χ1) is 9.85. The van der Waals surface area contributed by atoms with E-state index in [1.807, 2.05) is 6.92 Å². The Kier molecular flexibility index (Phi) is 6.95. The molecule has 1 unspecified atom stereocenters. The predicted octanol–water partition coefficient (Wildman–Crippen LogP) is 3.12. The number of carboxylic acid groups (broad SMARTS) is 1. The highest BCUT2D eigenvalue weighted by molar-refractivity contribution is 6.43. The molecule has 0 aliphatic heterocycles. The summed E-state index contributed by atoms with van der Waals surface area (Å²) in [6.45, 7) is 4.31. The normalized spacial score (nSPS) is 12.2. The van der Waals surface area contributed by atoms with Crippen molar-refractivity contribution >= 4 is 40.8 Å². The molecule has 1 aromatic carbocycles. The van der Waals surface area contributed by atoms with Gasteiger partial charge >= 0.3 is 5.97 Å². The van der Waals surface area contributed by atoms with E-state index < -0.39 is 5.97 Å². The van der Waals surface area contributed by atoms with E-state index in [0.717, 1.165) is 0 Å². The standard InChI is InChI=1S/C14H18Cl2N2O3/c1-3-18(9(2)7-13(20)21)8-12(19)17-11-6-4-5-10(15)14(11)16/h4-6,9H,3,7-8H2,1-2H3,(H,17,19)(H,20,21). The second-order valence-corrected chi connectivity index (χ2v) is 5.44. The Balaban J connectivity index is 2.67. The predicted molar refractivity (Wildman–Crippen MR) is 84.1 cm³/mol. The molecular formula is C14H18Cl2N2O3. The number of amides is 1. The zero-order valence-corrected chi connectivity index (χ0v) is 13.4. The average molecular weight is 333 g/mol. The Hall–Kier alpha value is -1.30. The van der Waals surface area contributed by atoms with Crippen LogP contribution >= 0.6 is 23.2 Å². The quantitative estimate of drug-likeness (QED) is 0.804. The van der Waals surface area contributed by atoms with Crippen molar-refractivity contribution in [2.24, 2.45) is 0 Å². The minimum Gasteiger partial charge on any atom is -0.481 e. The maximum absolute atomic E-state index is 12.0. The molecule has 1 rings (SSSR count). The van der Waals surface area contributed by atoms with E-state index in [1.165, 1.54) is 0 Å². The molecule has 0 fully saturated rings. The van der Waals surface area contributed by atoms with Crippen molar-refractivity contribution in [3.05, 3.63) is 28.2 Å². The van der Waals surface area contributed by atoms with E-state index in [9.17, 15) is 9.59 Å². The number of halogens is 2.